The average molecular weight is 510 g/mol. The van der Waals surface area contributed by atoms with Crippen molar-refractivity contribution in [2.45, 2.75) is 4.90 Å². The molecule has 0 bridgehead atoms. The van der Waals surface area contributed by atoms with Gasteiger partial charge in [0.2, 0.25) is 0 Å². The number of benzene rings is 3. The van der Waals surface area contributed by atoms with Gasteiger partial charge in [0.1, 0.15) is 0 Å². The number of hydrogen-bond acceptors (Lipinski definition) is 3. The lowest BCUT2D eigenvalue weighted by atomic mass is 10.2. The molecule has 0 spiro atoms. The van der Waals surface area contributed by atoms with Crippen molar-refractivity contribution >= 4 is 59.2 Å². The zero-order chi connectivity index (χ0) is 19.4. The van der Waals surface area contributed by atoms with Crippen molar-refractivity contribution < 1.29 is 13.2 Å². The van der Waals surface area contributed by atoms with Gasteiger partial charge in [-0.3, -0.25) is 9.52 Å². The molecule has 2 N–H and O–H groups in total. The van der Waals surface area contributed by atoms with Crippen LogP contribution in [0.5, 0.6) is 0 Å². The number of nitrogens with one attached hydrogen (secondary N) is 2. The second kappa shape index (κ2) is 8.24. The van der Waals surface area contributed by atoms with E-state index < -0.39 is 10.0 Å². The van der Waals surface area contributed by atoms with E-state index in [1.165, 1.54) is 12.1 Å². The van der Waals surface area contributed by atoms with Gasteiger partial charge in [0, 0.05) is 20.3 Å². The first kappa shape index (κ1) is 19.6. The van der Waals surface area contributed by atoms with Crippen LogP contribution in [0.4, 0.5) is 11.4 Å². The maximum absolute atomic E-state index is 12.4. The van der Waals surface area contributed by atoms with E-state index in [4.69, 9.17) is 0 Å². The number of halogens is 2. The van der Waals surface area contributed by atoms with Gasteiger partial charge in [0.15, 0.2) is 0 Å². The summed E-state index contributed by atoms with van der Waals surface area (Å²) >= 11 is 6.69. The van der Waals surface area contributed by atoms with Crippen LogP contribution in [0.1, 0.15) is 10.4 Å². The van der Waals surface area contributed by atoms with Gasteiger partial charge in [0.25, 0.3) is 15.9 Å². The second-order valence-electron chi connectivity index (χ2n) is 5.57. The number of sulfonamides is 1. The van der Waals surface area contributed by atoms with Crippen LogP contribution in [-0.4, -0.2) is 14.3 Å². The van der Waals surface area contributed by atoms with Crippen LogP contribution in [-0.2, 0) is 10.0 Å². The third-order valence-electron chi connectivity index (χ3n) is 3.62. The van der Waals surface area contributed by atoms with E-state index in [2.05, 4.69) is 41.9 Å². The van der Waals surface area contributed by atoms with Crippen molar-refractivity contribution in [3.8, 4) is 0 Å². The highest BCUT2D eigenvalue weighted by Gasteiger charge is 2.15. The Hall–Kier alpha value is -2.16. The van der Waals surface area contributed by atoms with Crippen LogP contribution in [0.2, 0.25) is 0 Å². The molecule has 138 valence electrons. The minimum absolute atomic E-state index is 0.106. The van der Waals surface area contributed by atoms with E-state index >= 15 is 0 Å². The Morgan fingerprint density at radius 3 is 2.11 bits per heavy atom. The standard InChI is InChI=1S/C19H14Br2N2O3S/c20-13-6-11-17(18(21)12-13)19(24)22-14-7-9-16(10-8-14)27(25,26)23-15-4-2-1-3-5-15/h1-12,23H,(H,22,24). The van der Waals surface area contributed by atoms with Crippen molar-refractivity contribution in [1.82, 2.24) is 0 Å². The fourth-order valence-corrected chi connectivity index (χ4v) is 4.60. The Labute approximate surface area is 174 Å². The number of amides is 1. The molecule has 0 aromatic heterocycles. The smallest absolute Gasteiger partial charge is 0.261 e. The summed E-state index contributed by atoms with van der Waals surface area (Å²) in [5.74, 6) is -0.299. The predicted molar refractivity (Wildman–Crippen MR) is 113 cm³/mol. The summed E-state index contributed by atoms with van der Waals surface area (Å²) in [5, 5.41) is 2.75. The SMILES string of the molecule is O=C(Nc1ccc(S(=O)(=O)Nc2ccccc2)cc1)c1ccc(Br)cc1Br. The summed E-state index contributed by atoms with van der Waals surface area (Å²) in [5.41, 5.74) is 1.45. The molecule has 3 rings (SSSR count). The molecule has 0 aliphatic heterocycles. The number of para-hydroxylation sites is 1. The minimum Gasteiger partial charge on any atom is -0.322 e. The van der Waals surface area contributed by atoms with Gasteiger partial charge in [-0.15, -0.1) is 0 Å². The maximum atomic E-state index is 12.4. The zero-order valence-corrected chi connectivity index (χ0v) is 17.8. The largest absolute Gasteiger partial charge is 0.322 e. The number of carbonyl (C=O) groups is 1. The van der Waals surface area contributed by atoms with Gasteiger partial charge in [-0.25, -0.2) is 8.42 Å². The fraction of sp³-hybridized carbons (Fsp3) is 0. The molecule has 0 aliphatic carbocycles. The monoisotopic (exact) mass is 508 g/mol. The van der Waals surface area contributed by atoms with Crippen LogP contribution >= 0.6 is 31.9 Å². The van der Waals surface area contributed by atoms with Gasteiger partial charge in [-0.2, -0.15) is 0 Å². The van der Waals surface area contributed by atoms with E-state index in [0.717, 1.165) is 4.47 Å². The van der Waals surface area contributed by atoms with Crippen LogP contribution < -0.4 is 10.0 Å². The first-order valence-electron chi connectivity index (χ1n) is 7.79. The summed E-state index contributed by atoms with van der Waals surface area (Å²) in [7, 11) is -3.70. The molecule has 0 saturated carbocycles. The van der Waals surface area contributed by atoms with Crippen LogP contribution in [0.25, 0.3) is 0 Å². The minimum atomic E-state index is -3.70. The first-order valence-corrected chi connectivity index (χ1v) is 10.9. The van der Waals surface area contributed by atoms with Crippen molar-refractivity contribution in [2.24, 2.45) is 0 Å². The Morgan fingerprint density at radius 1 is 0.815 bits per heavy atom. The molecule has 5 nitrogen and oxygen atoms in total. The molecule has 0 heterocycles. The van der Waals surface area contributed by atoms with Gasteiger partial charge in [-0.05, 0) is 70.5 Å². The maximum Gasteiger partial charge on any atom is 0.261 e. The van der Waals surface area contributed by atoms with E-state index in [-0.39, 0.29) is 10.8 Å². The Balaban J connectivity index is 1.74. The molecule has 1 amide bonds. The third-order valence-corrected chi connectivity index (χ3v) is 6.17. The van der Waals surface area contributed by atoms with Gasteiger partial charge in [0.05, 0.1) is 10.5 Å². The molecule has 3 aromatic carbocycles. The van der Waals surface area contributed by atoms with Crippen LogP contribution in [0.15, 0.2) is 86.6 Å². The molecular formula is C19H14Br2N2O3S. The summed E-state index contributed by atoms with van der Waals surface area (Å²) in [6.07, 6.45) is 0. The predicted octanol–water partition coefficient (Wildman–Crippen LogP) is 5.26. The number of hydrogen-bond donors (Lipinski definition) is 2. The van der Waals surface area contributed by atoms with Crippen LogP contribution in [0, 0.1) is 0 Å². The molecular weight excluding hydrogens is 496 g/mol. The van der Waals surface area contributed by atoms with Crippen molar-refractivity contribution in [3.05, 3.63) is 87.3 Å². The molecule has 0 fully saturated rings. The molecule has 8 heteroatoms. The van der Waals surface area contributed by atoms with Crippen LogP contribution in [0.3, 0.4) is 0 Å². The van der Waals surface area contributed by atoms with E-state index in [9.17, 15) is 13.2 Å². The van der Waals surface area contributed by atoms with E-state index in [0.29, 0.717) is 21.4 Å². The second-order valence-corrected chi connectivity index (χ2v) is 9.03. The third kappa shape index (κ3) is 4.97. The molecule has 0 aliphatic rings. The molecule has 0 saturated heterocycles. The summed E-state index contributed by atoms with van der Waals surface area (Å²) < 4.78 is 28.9. The number of anilines is 2. The molecule has 27 heavy (non-hydrogen) atoms. The van der Waals surface area contributed by atoms with Crippen molar-refractivity contribution in [3.63, 3.8) is 0 Å². The highest BCUT2D eigenvalue weighted by molar-refractivity contribution is 9.11. The normalized spacial score (nSPS) is 11.0. The van der Waals surface area contributed by atoms with E-state index in [1.807, 2.05) is 0 Å². The van der Waals surface area contributed by atoms with Crippen molar-refractivity contribution in [1.29, 1.82) is 0 Å². The van der Waals surface area contributed by atoms with Gasteiger partial charge in [-0.1, -0.05) is 34.1 Å². The highest BCUT2D eigenvalue weighted by atomic mass is 79.9. The molecule has 3 aromatic rings. The lowest BCUT2D eigenvalue weighted by Gasteiger charge is -2.10. The summed E-state index contributed by atoms with van der Waals surface area (Å²) in [6, 6.07) is 19.8. The lowest BCUT2D eigenvalue weighted by Crippen LogP contribution is -2.14. The van der Waals surface area contributed by atoms with Gasteiger partial charge < -0.3 is 5.32 Å². The molecule has 0 atom stereocenters. The molecule has 0 unspecified atom stereocenters. The topological polar surface area (TPSA) is 75.3 Å². The zero-order valence-electron chi connectivity index (χ0n) is 13.8. The van der Waals surface area contributed by atoms with Crippen molar-refractivity contribution in [2.75, 3.05) is 10.0 Å². The summed E-state index contributed by atoms with van der Waals surface area (Å²) in [4.78, 5) is 12.5. The number of rotatable bonds is 5. The Morgan fingerprint density at radius 2 is 1.48 bits per heavy atom. The quantitative estimate of drug-likeness (QED) is 0.492. The Bertz CT molecular complexity index is 1070. The Kier molecular flexibility index (Phi) is 5.98. The highest BCUT2D eigenvalue weighted by Crippen LogP contribution is 2.23. The summed E-state index contributed by atoms with van der Waals surface area (Å²) in [6.45, 7) is 0. The lowest BCUT2D eigenvalue weighted by molar-refractivity contribution is 0.102. The first-order chi connectivity index (χ1) is 12.8. The van der Waals surface area contributed by atoms with Gasteiger partial charge >= 0.3 is 0 Å². The van der Waals surface area contributed by atoms with E-state index in [1.54, 1.807) is 60.7 Å². The number of carbonyl (C=O) groups excluding carboxylic acids is 1. The average Bonchev–Trinajstić information content (AvgIpc) is 2.62. The molecule has 0 radical (unpaired) electrons. The fourth-order valence-electron chi connectivity index (χ4n) is 2.31.